The lowest BCUT2D eigenvalue weighted by Crippen LogP contribution is -2.36. The van der Waals surface area contributed by atoms with E-state index in [0.717, 1.165) is 6.42 Å². The second-order valence-corrected chi connectivity index (χ2v) is 9.37. The van der Waals surface area contributed by atoms with Gasteiger partial charge in [0.1, 0.15) is 11.6 Å². The van der Waals surface area contributed by atoms with Crippen molar-refractivity contribution in [2.24, 2.45) is 5.92 Å². The molecule has 0 unspecified atom stereocenters. The first-order chi connectivity index (χ1) is 13.7. The van der Waals surface area contributed by atoms with Crippen molar-refractivity contribution in [1.29, 1.82) is 0 Å². The van der Waals surface area contributed by atoms with Gasteiger partial charge in [-0.3, -0.25) is 9.59 Å². The number of carbonyl (C=O) groups excluding carboxylic acids is 2. The van der Waals surface area contributed by atoms with Crippen LogP contribution in [0.25, 0.3) is 5.69 Å². The van der Waals surface area contributed by atoms with Crippen LogP contribution in [0, 0.1) is 5.92 Å². The Labute approximate surface area is 169 Å². The Morgan fingerprint density at radius 2 is 1.86 bits per heavy atom. The highest BCUT2D eigenvalue weighted by Gasteiger charge is 2.33. The van der Waals surface area contributed by atoms with Gasteiger partial charge in [0.05, 0.1) is 30.0 Å². The van der Waals surface area contributed by atoms with E-state index in [4.69, 9.17) is 4.74 Å². The summed E-state index contributed by atoms with van der Waals surface area (Å²) in [5, 5.41) is 9.48. The third-order valence-electron chi connectivity index (χ3n) is 4.55. The number of anilines is 1. The number of hydrogen-bond donors (Lipinski definition) is 2. The zero-order valence-corrected chi connectivity index (χ0v) is 17.4. The van der Waals surface area contributed by atoms with Gasteiger partial charge in [-0.25, -0.2) is 13.1 Å². The number of aromatic nitrogens is 2. The van der Waals surface area contributed by atoms with Crippen LogP contribution in [-0.2, 0) is 30.9 Å². The minimum atomic E-state index is -3.32. The number of hydrogen-bond acceptors (Lipinski definition) is 6. The molecule has 10 heteroatoms. The number of methoxy groups -OCH3 is 1. The van der Waals surface area contributed by atoms with Crippen molar-refractivity contribution in [2.45, 2.75) is 31.8 Å². The number of benzene rings is 1. The first-order valence-corrected chi connectivity index (χ1v) is 11.1. The molecule has 0 saturated heterocycles. The standard InChI is InChI=1S/C19H24N4O5S/c1-12(2)8-9-20-18(24)19(25)21-17-15-10-29(26,27)11-16(15)22-23(17)13-4-6-14(28-3)7-5-13/h4-7,12H,8-11H2,1-3H3,(H,20,24)(H,21,25). The van der Waals surface area contributed by atoms with E-state index in [2.05, 4.69) is 15.7 Å². The van der Waals surface area contributed by atoms with E-state index >= 15 is 0 Å². The van der Waals surface area contributed by atoms with Gasteiger partial charge in [-0.05, 0) is 36.6 Å². The SMILES string of the molecule is COc1ccc(-n2nc3c(c2NC(=O)C(=O)NCCC(C)C)CS(=O)(=O)C3)cc1. The average molecular weight is 420 g/mol. The van der Waals surface area contributed by atoms with Crippen LogP contribution in [0.15, 0.2) is 24.3 Å². The van der Waals surface area contributed by atoms with Crippen LogP contribution in [0.3, 0.4) is 0 Å². The van der Waals surface area contributed by atoms with Crippen LogP contribution in [0.2, 0.25) is 0 Å². The molecular weight excluding hydrogens is 396 g/mol. The second kappa shape index (κ2) is 8.24. The van der Waals surface area contributed by atoms with Crippen molar-refractivity contribution < 1.29 is 22.7 Å². The summed E-state index contributed by atoms with van der Waals surface area (Å²) in [7, 11) is -1.77. The second-order valence-electron chi connectivity index (χ2n) is 7.31. The van der Waals surface area contributed by atoms with Crippen LogP contribution >= 0.6 is 0 Å². The molecule has 0 radical (unpaired) electrons. The number of amides is 2. The van der Waals surface area contributed by atoms with Crippen LogP contribution in [0.4, 0.5) is 5.82 Å². The van der Waals surface area contributed by atoms with E-state index < -0.39 is 21.7 Å². The van der Waals surface area contributed by atoms with Crippen molar-refractivity contribution in [3.05, 3.63) is 35.5 Å². The molecule has 1 aliphatic heterocycles. The molecular formula is C19H24N4O5S. The van der Waals surface area contributed by atoms with Crippen molar-refractivity contribution in [3.8, 4) is 11.4 Å². The molecule has 0 saturated carbocycles. The molecule has 1 aromatic heterocycles. The molecule has 2 aromatic rings. The summed E-state index contributed by atoms with van der Waals surface area (Å²) in [5.74, 6) is -0.846. The molecule has 2 heterocycles. The molecule has 156 valence electrons. The molecule has 0 aliphatic carbocycles. The fourth-order valence-corrected chi connectivity index (χ4v) is 4.49. The molecule has 0 fully saturated rings. The Morgan fingerprint density at radius 1 is 1.17 bits per heavy atom. The lowest BCUT2D eigenvalue weighted by Gasteiger charge is -2.12. The Balaban J connectivity index is 1.88. The number of nitrogens with one attached hydrogen (secondary N) is 2. The molecule has 0 spiro atoms. The lowest BCUT2D eigenvalue weighted by atomic mass is 10.1. The Bertz CT molecular complexity index is 1030. The highest BCUT2D eigenvalue weighted by atomic mass is 32.2. The van der Waals surface area contributed by atoms with Crippen LogP contribution < -0.4 is 15.4 Å². The first-order valence-electron chi connectivity index (χ1n) is 9.25. The molecule has 29 heavy (non-hydrogen) atoms. The molecule has 1 aromatic carbocycles. The molecule has 2 N–H and O–H groups in total. The highest BCUT2D eigenvalue weighted by molar-refractivity contribution is 7.90. The van der Waals surface area contributed by atoms with E-state index in [1.807, 2.05) is 13.8 Å². The normalized spacial score (nSPS) is 14.5. The summed E-state index contributed by atoms with van der Waals surface area (Å²) in [6.07, 6.45) is 0.746. The third kappa shape index (κ3) is 4.76. The summed E-state index contributed by atoms with van der Waals surface area (Å²) < 4.78 is 30.6. The first kappa shape index (κ1) is 20.8. The fraction of sp³-hybridized carbons (Fsp3) is 0.421. The molecule has 2 amide bonds. The van der Waals surface area contributed by atoms with Crippen LogP contribution in [-0.4, -0.2) is 43.7 Å². The number of rotatable bonds is 6. The number of nitrogens with zero attached hydrogens (tertiary/aromatic N) is 2. The minimum absolute atomic E-state index is 0.190. The smallest absolute Gasteiger partial charge is 0.314 e. The van der Waals surface area contributed by atoms with E-state index in [-0.39, 0.29) is 17.3 Å². The maximum absolute atomic E-state index is 12.4. The van der Waals surface area contributed by atoms with Gasteiger partial charge < -0.3 is 15.4 Å². The van der Waals surface area contributed by atoms with Gasteiger partial charge in [0.2, 0.25) is 0 Å². The monoisotopic (exact) mass is 420 g/mol. The number of sulfone groups is 1. The molecule has 3 rings (SSSR count). The van der Waals surface area contributed by atoms with E-state index in [0.29, 0.717) is 35.2 Å². The Kier molecular flexibility index (Phi) is 5.92. The average Bonchev–Trinajstić information content (AvgIpc) is 3.14. The van der Waals surface area contributed by atoms with Gasteiger partial charge in [0.15, 0.2) is 9.84 Å². The molecule has 0 atom stereocenters. The predicted molar refractivity (Wildman–Crippen MR) is 108 cm³/mol. The zero-order chi connectivity index (χ0) is 21.2. The number of fused-ring (bicyclic) bond motifs is 1. The summed E-state index contributed by atoms with van der Waals surface area (Å²) in [6.45, 7) is 4.42. The minimum Gasteiger partial charge on any atom is -0.497 e. The maximum Gasteiger partial charge on any atom is 0.314 e. The van der Waals surface area contributed by atoms with Crippen LogP contribution in [0.5, 0.6) is 5.75 Å². The lowest BCUT2D eigenvalue weighted by molar-refractivity contribution is -0.136. The molecule has 9 nitrogen and oxygen atoms in total. The number of carbonyl (C=O) groups is 2. The molecule has 1 aliphatic rings. The van der Waals surface area contributed by atoms with Gasteiger partial charge in [0.25, 0.3) is 0 Å². The topological polar surface area (TPSA) is 119 Å². The fourth-order valence-electron chi connectivity index (χ4n) is 3.00. The summed E-state index contributed by atoms with van der Waals surface area (Å²) >= 11 is 0. The van der Waals surface area contributed by atoms with Gasteiger partial charge in [-0.1, -0.05) is 13.8 Å². The van der Waals surface area contributed by atoms with E-state index in [1.165, 1.54) is 4.68 Å². The third-order valence-corrected chi connectivity index (χ3v) is 5.99. The summed E-state index contributed by atoms with van der Waals surface area (Å²) in [4.78, 5) is 24.5. The Hall–Kier alpha value is -2.88. The predicted octanol–water partition coefficient (Wildman–Crippen LogP) is 1.41. The summed E-state index contributed by atoms with van der Waals surface area (Å²) in [6, 6.07) is 6.91. The van der Waals surface area contributed by atoms with Gasteiger partial charge in [-0.15, -0.1) is 0 Å². The quantitative estimate of drug-likeness (QED) is 0.682. The van der Waals surface area contributed by atoms with Crippen molar-refractivity contribution in [1.82, 2.24) is 15.1 Å². The van der Waals surface area contributed by atoms with Gasteiger partial charge >= 0.3 is 11.8 Å². The van der Waals surface area contributed by atoms with Crippen molar-refractivity contribution >= 4 is 27.5 Å². The summed E-state index contributed by atoms with van der Waals surface area (Å²) in [5.41, 5.74) is 1.38. The van der Waals surface area contributed by atoms with Crippen molar-refractivity contribution in [2.75, 3.05) is 19.0 Å². The van der Waals surface area contributed by atoms with Gasteiger partial charge in [-0.2, -0.15) is 5.10 Å². The van der Waals surface area contributed by atoms with Gasteiger partial charge in [0, 0.05) is 12.1 Å². The zero-order valence-electron chi connectivity index (χ0n) is 16.6. The maximum atomic E-state index is 12.4. The van der Waals surface area contributed by atoms with E-state index in [1.54, 1.807) is 31.4 Å². The highest BCUT2D eigenvalue weighted by Crippen LogP contribution is 2.33. The number of ether oxygens (including phenoxy) is 1. The van der Waals surface area contributed by atoms with Crippen LogP contribution in [0.1, 0.15) is 31.5 Å². The van der Waals surface area contributed by atoms with E-state index in [9.17, 15) is 18.0 Å². The Morgan fingerprint density at radius 3 is 2.48 bits per heavy atom. The largest absolute Gasteiger partial charge is 0.497 e. The molecule has 0 bridgehead atoms. The van der Waals surface area contributed by atoms with Crippen molar-refractivity contribution in [3.63, 3.8) is 0 Å².